The van der Waals surface area contributed by atoms with Crippen molar-refractivity contribution in [3.05, 3.63) is 68.9 Å². The van der Waals surface area contributed by atoms with Gasteiger partial charge in [-0.15, -0.1) is 11.3 Å². The van der Waals surface area contributed by atoms with Gasteiger partial charge in [0.1, 0.15) is 5.75 Å². The summed E-state index contributed by atoms with van der Waals surface area (Å²) in [5, 5.41) is 4.70. The molecule has 0 saturated carbocycles. The molecule has 1 heterocycles. The first kappa shape index (κ1) is 24.1. The fraction of sp³-hybridized carbons (Fsp3) is 0.174. The molecular formula is C23H20ClNO7S. The molecule has 8 nitrogen and oxygen atoms in total. The molecule has 3 rings (SSSR count). The second kappa shape index (κ2) is 10.8. The Labute approximate surface area is 199 Å². The minimum atomic E-state index is -0.828. The molecule has 0 radical (unpaired) electrons. The van der Waals surface area contributed by atoms with Crippen LogP contribution >= 0.6 is 22.9 Å². The van der Waals surface area contributed by atoms with Crippen LogP contribution in [0.1, 0.15) is 30.4 Å². The van der Waals surface area contributed by atoms with Crippen LogP contribution in [0.5, 0.6) is 17.2 Å². The maximum absolute atomic E-state index is 12.8. The van der Waals surface area contributed by atoms with Gasteiger partial charge in [-0.05, 0) is 29.6 Å². The molecule has 0 aliphatic rings. The zero-order chi connectivity index (χ0) is 24.0. The first-order chi connectivity index (χ1) is 15.9. The molecular weight excluding hydrogens is 470 g/mol. The molecule has 1 aromatic heterocycles. The van der Waals surface area contributed by atoms with E-state index in [9.17, 15) is 14.4 Å². The van der Waals surface area contributed by atoms with Crippen molar-refractivity contribution in [1.82, 2.24) is 0 Å². The van der Waals surface area contributed by atoms with Crippen molar-refractivity contribution in [2.75, 3.05) is 33.3 Å². The highest BCUT2D eigenvalue weighted by Gasteiger charge is 2.22. The summed E-state index contributed by atoms with van der Waals surface area (Å²) in [6.45, 7) is -0.534. The van der Waals surface area contributed by atoms with E-state index in [4.69, 9.17) is 30.5 Å². The van der Waals surface area contributed by atoms with Gasteiger partial charge in [0, 0.05) is 17.7 Å². The summed E-state index contributed by atoms with van der Waals surface area (Å²) in [7, 11) is 4.30. The predicted molar refractivity (Wildman–Crippen MR) is 124 cm³/mol. The van der Waals surface area contributed by atoms with E-state index in [1.54, 1.807) is 23.6 Å². The molecule has 2 aromatic carbocycles. The summed E-state index contributed by atoms with van der Waals surface area (Å²) in [6.07, 6.45) is 0. The third-order valence-corrected chi connectivity index (χ3v) is 5.71. The number of esters is 1. The number of hydrogen-bond acceptors (Lipinski definition) is 8. The highest BCUT2D eigenvalue weighted by molar-refractivity contribution is 7.12. The van der Waals surface area contributed by atoms with Gasteiger partial charge in [-0.3, -0.25) is 9.59 Å². The normalized spacial score (nSPS) is 10.3. The Hall–Kier alpha value is -3.56. The van der Waals surface area contributed by atoms with E-state index >= 15 is 0 Å². The molecule has 1 amide bonds. The highest BCUT2D eigenvalue weighted by atomic mass is 35.5. The number of amides is 1. The second-order valence-corrected chi connectivity index (χ2v) is 7.89. The lowest BCUT2D eigenvalue weighted by atomic mass is 10.1. The Morgan fingerprint density at radius 1 is 0.939 bits per heavy atom. The van der Waals surface area contributed by atoms with Crippen LogP contribution in [-0.2, 0) is 4.74 Å². The van der Waals surface area contributed by atoms with E-state index in [1.165, 1.54) is 56.9 Å². The van der Waals surface area contributed by atoms with Crippen molar-refractivity contribution in [3.63, 3.8) is 0 Å². The Balaban J connectivity index is 1.82. The van der Waals surface area contributed by atoms with Gasteiger partial charge in [0.15, 0.2) is 23.9 Å². The number of carbonyl (C=O) groups is 3. The number of benzene rings is 2. The SMILES string of the molecule is COc1ccc(C(=O)COC(=O)c2cc(OC)c(OC)cc2NC(=O)c2cccs2)cc1Cl. The molecule has 0 spiro atoms. The van der Waals surface area contributed by atoms with Crippen LogP contribution in [0, 0.1) is 0 Å². The molecule has 0 bridgehead atoms. The Morgan fingerprint density at radius 3 is 2.24 bits per heavy atom. The highest BCUT2D eigenvalue weighted by Crippen LogP contribution is 2.34. The lowest BCUT2D eigenvalue weighted by Gasteiger charge is -2.15. The maximum atomic E-state index is 12.8. The molecule has 3 aromatic rings. The van der Waals surface area contributed by atoms with Crippen molar-refractivity contribution in [3.8, 4) is 17.2 Å². The van der Waals surface area contributed by atoms with Crippen LogP contribution in [0.2, 0.25) is 5.02 Å². The number of Topliss-reactive ketones (excluding diaryl/α,β-unsaturated/α-hetero) is 1. The fourth-order valence-electron chi connectivity index (χ4n) is 2.87. The first-order valence-electron chi connectivity index (χ1n) is 9.52. The largest absolute Gasteiger partial charge is 0.495 e. The number of anilines is 1. The molecule has 33 heavy (non-hydrogen) atoms. The third-order valence-electron chi connectivity index (χ3n) is 4.54. The van der Waals surface area contributed by atoms with Crippen molar-refractivity contribution >= 4 is 46.3 Å². The van der Waals surface area contributed by atoms with Gasteiger partial charge in [0.2, 0.25) is 0 Å². The predicted octanol–water partition coefficient (Wildman–Crippen LogP) is 4.72. The standard InChI is InChI=1S/C23H20ClNO7S/c1-29-18-7-6-13(9-15(18)24)17(26)12-32-23(28)14-10-19(30-2)20(31-3)11-16(14)25-22(27)21-5-4-8-33-21/h4-11H,12H2,1-3H3,(H,25,27). The average molecular weight is 490 g/mol. The lowest BCUT2D eigenvalue weighted by molar-refractivity contribution is 0.0475. The van der Waals surface area contributed by atoms with Gasteiger partial charge in [0.05, 0.1) is 42.5 Å². The number of rotatable bonds is 9. The number of carbonyl (C=O) groups excluding carboxylic acids is 3. The van der Waals surface area contributed by atoms with Gasteiger partial charge < -0.3 is 24.3 Å². The van der Waals surface area contributed by atoms with E-state index in [0.717, 1.165) is 0 Å². The van der Waals surface area contributed by atoms with Crippen LogP contribution < -0.4 is 19.5 Å². The molecule has 0 fully saturated rings. The van der Waals surface area contributed by atoms with Crippen molar-refractivity contribution in [2.24, 2.45) is 0 Å². The van der Waals surface area contributed by atoms with Gasteiger partial charge >= 0.3 is 5.97 Å². The van der Waals surface area contributed by atoms with Gasteiger partial charge in [-0.2, -0.15) is 0 Å². The molecule has 172 valence electrons. The minimum absolute atomic E-state index is 0.00174. The summed E-state index contributed by atoms with van der Waals surface area (Å²) >= 11 is 7.30. The smallest absolute Gasteiger partial charge is 0.340 e. The molecule has 0 aliphatic heterocycles. The Morgan fingerprint density at radius 2 is 1.64 bits per heavy atom. The number of ketones is 1. The zero-order valence-corrected chi connectivity index (χ0v) is 19.5. The maximum Gasteiger partial charge on any atom is 0.340 e. The number of methoxy groups -OCH3 is 3. The molecule has 0 aliphatic carbocycles. The number of ether oxygens (including phenoxy) is 4. The average Bonchev–Trinajstić information content (AvgIpc) is 3.37. The molecule has 1 N–H and O–H groups in total. The van der Waals surface area contributed by atoms with E-state index in [1.807, 2.05) is 0 Å². The van der Waals surface area contributed by atoms with Crippen LogP contribution in [0.3, 0.4) is 0 Å². The quantitative estimate of drug-likeness (QED) is 0.343. The van der Waals surface area contributed by atoms with Crippen molar-refractivity contribution in [2.45, 2.75) is 0 Å². The van der Waals surface area contributed by atoms with E-state index < -0.39 is 24.3 Å². The van der Waals surface area contributed by atoms with Gasteiger partial charge in [-0.1, -0.05) is 17.7 Å². The van der Waals surface area contributed by atoms with E-state index in [2.05, 4.69) is 5.32 Å². The van der Waals surface area contributed by atoms with E-state index in [0.29, 0.717) is 16.4 Å². The number of thiophene rings is 1. The Kier molecular flexibility index (Phi) is 7.92. The van der Waals surface area contributed by atoms with Crippen molar-refractivity contribution in [1.29, 1.82) is 0 Å². The second-order valence-electron chi connectivity index (χ2n) is 6.53. The minimum Gasteiger partial charge on any atom is -0.495 e. The summed E-state index contributed by atoms with van der Waals surface area (Å²) in [5.41, 5.74) is 0.404. The van der Waals surface area contributed by atoms with Crippen LogP contribution in [0.25, 0.3) is 0 Å². The summed E-state index contributed by atoms with van der Waals surface area (Å²) in [6, 6.07) is 10.7. The fourth-order valence-corrected chi connectivity index (χ4v) is 3.75. The molecule has 0 saturated heterocycles. The van der Waals surface area contributed by atoms with Gasteiger partial charge in [-0.25, -0.2) is 4.79 Å². The van der Waals surface area contributed by atoms with Crippen LogP contribution in [0.15, 0.2) is 47.8 Å². The summed E-state index contributed by atoms with van der Waals surface area (Å²) < 4.78 is 20.8. The lowest BCUT2D eigenvalue weighted by Crippen LogP contribution is -2.18. The van der Waals surface area contributed by atoms with Crippen molar-refractivity contribution < 1.29 is 33.3 Å². The zero-order valence-electron chi connectivity index (χ0n) is 18.0. The van der Waals surface area contributed by atoms with Crippen LogP contribution in [0.4, 0.5) is 5.69 Å². The Bertz CT molecular complexity index is 1180. The molecule has 0 atom stereocenters. The molecule has 0 unspecified atom stereocenters. The van der Waals surface area contributed by atoms with Crippen LogP contribution in [-0.4, -0.2) is 45.6 Å². The molecule has 10 heteroatoms. The monoisotopic (exact) mass is 489 g/mol. The summed E-state index contributed by atoms with van der Waals surface area (Å²) in [4.78, 5) is 38.3. The topological polar surface area (TPSA) is 100 Å². The van der Waals surface area contributed by atoms with E-state index in [-0.39, 0.29) is 27.6 Å². The third kappa shape index (κ3) is 5.63. The summed E-state index contributed by atoms with van der Waals surface area (Å²) in [5.74, 6) is -0.717. The van der Waals surface area contributed by atoms with Gasteiger partial charge in [0.25, 0.3) is 5.91 Å². The first-order valence-corrected chi connectivity index (χ1v) is 10.8. The number of halogens is 1. The number of nitrogens with one attached hydrogen (secondary N) is 1. The number of hydrogen-bond donors (Lipinski definition) is 1.